The Kier molecular flexibility index (Phi) is 6.14. The van der Waals surface area contributed by atoms with Crippen LogP contribution in [0.15, 0.2) is 41.4 Å². The Balaban J connectivity index is 2.15. The second kappa shape index (κ2) is 8.31. The molecule has 0 aliphatic heterocycles. The van der Waals surface area contributed by atoms with Crippen LogP contribution in [0, 0.1) is 0 Å². The topological polar surface area (TPSA) is 58.6 Å². The summed E-state index contributed by atoms with van der Waals surface area (Å²) in [5.41, 5.74) is 2.36. The zero-order chi connectivity index (χ0) is 17.5. The van der Waals surface area contributed by atoms with Crippen LogP contribution < -0.4 is 10.1 Å². The van der Waals surface area contributed by atoms with E-state index in [1.165, 1.54) is 16.2 Å². The molecule has 0 saturated carbocycles. The number of hydrogen-bond acceptors (Lipinski definition) is 4. The average Bonchev–Trinajstić information content (AvgIpc) is 3.08. The van der Waals surface area contributed by atoms with E-state index in [4.69, 9.17) is 4.74 Å². The number of rotatable bonds is 6. The lowest BCUT2D eigenvalue weighted by molar-refractivity contribution is -0.105. The molecule has 0 unspecified atom stereocenters. The molecule has 0 bridgehead atoms. The molecule has 0 aliphatic rings. The van der Waals surface area contributed by atoms with Crippen LogP contribution in [-0.2, 0) is 4.79 Å². The van der Waals surface area contributed by atoms with Crippen molar-refractivity contribution < 1.29 is 14.3 Å². The first-order valence-electron chi connectivity index (χ1n) is 7.49. The number of allylic oxidation sites excluding steroid dienone is 1. The summed E-state index contributed by atoms with van der Waals surface area (Å²) >= 11 is 1.51. The molecule has 1 aromatic carbocycles. The van der Waals surface area contributed by atoms with Crippen molar-refractivity contribution in [2.24, 2.45) is 0 Å². The van der Waals surface area contributed by atoms with Crippen molar-refractivity contribution in [1.82, 2.24) is 10.2 Å². The predicted octanol–water partition coefficient (Wildman–Crippen LogP) is 3.62. The molecule has 24 heavy (non-hydrogen) atoms. The van der Waals surface area contributed by atoms with Gasteiger partial charge in [0.15, 0.2) is 6.29 Å². The van der Waals surface area contributed by atoms with Gasteiger partial charge in [-0.15, -0.1) is 11.3 Å². The van der Waals surface area contributed by atoms with Crippen molar-refractivity contribution in [3.05, 3.63) is 46.3 Å². The van der Waals surface area contributed by atoms with Gasteiger partial charge in [-0.25, -0.2) is 4.79 Å². The highest BCUT2D eigenvalue weighted by molar-refractivity contribution is 7.11. The van der Waals surface area contributed by atoms with E-state index in [-0.39, 0.29) is 11.7 Å². The highest BCUT2D eigenvalue weighted by Gasteiger charge is 2.09. The van der Waals surface area contributed by atoms with Crippen molar-refractivity contribution in [2.75, 3.05) is 20.7 Å². The quantitative estimate of drug-likeness (QED) is 0.643. The summed E-state index contributed by atoms with van der Waals surface area (Å²) in [6, 6.07) is 9.44. The first-order valence-corrected chi connectivity index (χ1v) is 8.37. The smallest absolute Gasteiger partial charge is 0.321 e. The predicted molar refractivity (Wildman–Crippen MR) is 97.2 cm³/mol. The molecule has 0 saturated heterocycles. The number of urea groups is 1. The summed E-state index contributed by atoms with van der Waals surface area (Å²) in [7, 11) is 3.30. The lowest BCUT2D eigenvalue weighted by Gasteiger charge is -2.14. The van der Waals surface area contributed by atoms with E-state index in [1.54, 1.807) is 20.2 Å². The summed E-state index contributed by atoms with van der Waals surface area (Å²) in [6.07, 6.45) is 2.32. The highest BCUT2D eigenvalue weighted by Crippen LogP contribution is 2.28. The van der Waals surface area contributed by atoms with Crippen LogP contribution in [-0.4, -0.2) is 37.9 Å². The molecule has 5 nitrogen and oxygen atoms in total. The van der Waals surface area contributed by atoms with E-state index < -0.39 is 0 Å². The molecule has 2 rings (SSSR count). The van der Waals surface area contributed by atoms with Crippen molar-refractivity contribution in [1.29, 1.82) is 0 Å². The summed E-state index contributed by atoms with van der Waals surface area (Å²) in [5.74, 6) is 0.806. The van der Waals surface area contributed by atoms with E-state index in [0.29, 0.717) is 12.8 Å². The fraction of sp³-hybridized carbons (Fsp3) is 0.222. The lowest BCUT2D eigenvalue weighted by atomic mass is 10.1. The first-order chi connectivity index (χ1) is 11.6. The van der Waals surface area contributed by atoms with Crippen LogP contribution in [0.25, 0.3) is 17.2 Å². The number of hydrogen-bond donors (Lipinski definition) is 1. The van der Waals surface area contributed by atoms with Gasteiger partial charge in [0.05, 0.1) is 12.8 Å². The Morgan fingerprint density at radius 3 is 2.58 bits per heavy atom. The fourth-order valence-electron chi connectivity index (χ4n) is 1.98. The SMILES string of the molecule is CCN(C)C(=O)N/C(C=O)=C\c1cc(-c2ccc(OC)cc2)cs1. The Morgan fingerprint density at radius 1 is 1.29 bits per heavy atom. The van der Waals surface area contributed by atoms with E-state index in [9.17, 15) is 9.59 Å². The molecule has 6 heteroatoms. The molecule has 0 spiro atoms. The summed E-state index contributed by atoms with van der Waals surface area (Å²) in [5, 5.41) is 4.61. The van der Waals surface area contributed by atoms with Crippen molar-refractivity contribution in [3.63, 3.8) is 0 Å². The maximum atomic E-state index is 11.8. The normalized spacial score (nSPS) is 11.0. The molecule has 126 valence electrons. The molecule has 2 amide bonds. The van der Waals surface area contributed by atoms with Gasteiger partial charge in [-0.2, -0.15) is 0 Å². The Hall–Kier alpha value is -2.60. The van der Waals surface area contributed by atoms with Gasteiger partial charge < -0.3 is 15.0 Å². The second-order valence-corrected chi connectivity index (χ2v) is 6.07. The summed E-state index contributed by atoms with van der Waals surface area (Å²) < 4.78 is 5.15. The van der Waals surface area contributed by atoms with Gasteiger partial charge in [0.2, 0.25) is 0 Å². The number of benzene rings is 1. The Labute approximate surface area is 145 Å². The van der Waals surface area contributed by atoms with E-state index in [1.807, 2.05) is 42.6 Å². The van der Waals surface area contributed by atoms with Crippen LogP contribution in [0.4, 0.5) is 4.79 Å². The Morgan fingerprint density at radius 2 is 2.00 bits per heavy atom. The van der Waals surface area contributed by atoms with Crippen molar-refractivity contribution in [2.45, 2.75) is 6.92 Å². The first kappa shape index (κ1) is 17.7. The average molecular weight is 344 g/mol. The van der Waals surface area contributed by atoms with Gasteiger partial charge in [0, 0.05) is 18.5 Å². The number of nitrogens with one attached hydrogen (secondary N) is 1. The zero-order valence-corrected chi connectivity index (χ0v) is 14.7. The number of aldehydes is 1. The second-order valence-electron chi connectivity index (χ2n) is 5.13. The number of thiophene rings is 1. The molecule has 1 aromatic heterocycles. The van der Waals surface area contributed by atoms with E-state index in [0.717, 1.165) is 21.8 Å². The molecule has 0 atom stereocenters. The number of ether oxygens (including phenoxy) is 1. The number of carbonyl (C=O) groups is 2. The highest BCUT2D eigenvalue weighted by atomic mass is 32.1. The molecule has 1 N–H and O–H groups in total. The van der Waals surface area contributed by atoms with Crippen LogP contribution in [0.2, 0.25) is 0 Å². The molecule has 0 aliphatic carbocycles. The minimum absolute atomic E-state index is 0.239. The third-order valence-corrected chi connectivity index (χ3v) is 4.42. The van der Waals surface area contributed by atoms with Crippen LogP contribution in [0.5, 0.6) is 5.75 Å². The number of methoxy groups -OCH3 is 1. The van der Waals surface area contributed by atoms with Gasteiger partial charge in [0.1, 0.15) is 5.75 Å². The van der Waals surface area contributed by atoms with Gasteiger partial charge in [-0.1, -0.05) is 12.1 Å². The maximum Gasteiger partial charge on any atom is 0.321 e. The molecule has 0 radical (unpaired) electrons. The minimum atomic E-state index is -0.303. The Bertz CT molecular complexity index is 735. The van der Waals surface area contributed by atoms with Crippen LogP contribution in [0.3, 0.4) is 0 Å². The maximum absolute atomic E-state index is 11.8. The summed E-state index contributed by atoms with van der Waals surface area (Å²) in [4.78, 5) is 25.4. The van der Waals surface area contributed by atoms with Crippen molar-refractivity contribution >= 4 is 29.7 Å². The number of carbonyl (C=O) groups excluding carboxylic acids is 2. The fourth-order valence-corrected chi connectivity index (χ4v) is 2.84. The lowest BCUT2D eigenvalue weighted by Crippen LogP contribution is -2.36. The number of nitrogens with zero attached hydrogens (tertiary/aromatic N) is 1. The van der Waals surface area contributed by atoms with E-state index in [2.05, 4.69) is 5.32 Å². The molecule has 2 aromatic rings. The third-order valence-electron chi connectivity index (χ3n) is 3.54. The largest absolute Gasteiger partial charge is 0.497 e. The molecule has 0 fully saturated rings. The van der Waals surface area contributed by atoms with Crippen molar-refractivity contribution in [3.8, 4) is 16.9 Å². The monoisotopic (exact) mass is 344 g/mol. The van der Waals surface area contributed by atoms with E-state index >= 15 is 0 Å². The number of amides is 2. The zero-order valence-electron chi connectivity index (χ0n) is 13.9. The van der Waals surface area contributed by atoms with Gasteiger partial charge in [-0.3, -0.25) is 4.79 Å². The van der Waals surface area contributed by atoms with Gasteiger partial charge >= 0.3 is 6.03 Å². The minimum Gasteiger partial charge on any atom is -0.497 e. The summed E-state index contributed by atoms with van der Waals surface area (Å²) in [6.45, 7) is 2.43. The van der Waals surface area contributed by atoms with Gasteiger partial charge in [-0.05, 0) is 47.7 Å². The van der Waals surface area contributed by atoms with Crippen LogP contribution >= 0.6 is 11.3 Å². The standard InChI is InChI=1S/C18H20N2O3S/c1-4-20(2)18(22)19-15(11-21)10-17-9-14(12-24-17)13-5-7-16(23-3)8-6-13/h5-12H,4H2,1-3H3,(H,19,22)/b15-10-. The molecule has 1 heterocycles. The third kappa shape index (κ3) is 4.45. The van der Waals surface area contributed by atoms with Crippen LogP contribution in [0.1, 0.15) is 11.8 Å². The molecular formula is C18H20N2O3S. The van der Waals surface area contributed by atoms with Gasteiger partial charge in [0.25, 0.3) is 0 Å². The molecular weight excluding hydrogens is 324 g/mol.